The fraction of sp³-hybridized carbons (Fsp3) is 0.217. The average Bonchev–Trinajstić information content (AvgIpc) is 3.47. The first-order chi connectivity index (χ1) is 13.1. The molecule has 0 saturated heterocycles. The van der Waals surface area contributed by atoms with Gasteiger partial charge in [-0.1, -0.05) is 48.0 Å². The zero-order valence-electron chi connectivity index (χ0n) is 15.2. The van der Waals surface area contributed by atoms with E-state index in [1.54, 1.807) is 12.1 Å². The Hall–Kier alpha value is -3.01. The molecular formula is C23H21FN2O. The SMILES string of the molecule is Cc1ccc(Cn2ccccc2=NC(=O)[C@@H]2C[C@@H]2c2ccc(F)cc2)cc1. The van der Waals surface area contributed by atoms with Crippen molar-refractivity contribution in [2.45, 2.75) is 25.8 Å². The Bertz CT molecular complexity index is 1020. The third-order valence-corrected chi connectivity index (χ3v) is 5.02. The normalized spacial score (nSPS) is 19.1. The van der Waals surface area contributed by atoms with Crippen molar-refractivity contribution in [3.8, 4) is 0 Å². The summed E-state index contributed by atoms with van der Waals surface area (Å²) in [6, 6.07) is 20.4. The Morgan fingerprint density at radius 3 is 2.56 bits per heavy atom. The summed E-state index contributed by atoms with van der Waals surface area (Å²) in [5.41, 5.74) is 4.05. The molecule has 1 aliphatic carbocycles. The van der Waals surface area contributed by atoms with Gasteiger partial charge in [0, 0.05) is 18.7 Å². The third kappa shape index (κ3) is 4.05. The number of hydrogen-bond acceptors (Lipinski definition) is 1. The third-order valence-electron chi connectivity index (χ3n) is 5.02. The van der Waals surface area contributed by atoms with Crippen LogP contribution in [0.15, 0.2) is 77.9 Å². The molecule has 0 radical (unpaired) electrons. The predicted molar refractivity (Wildman–Crippen MR) is 103 cm³/mol. The average molecular weight is 360 g/mol. The topological polar surface area (TPSA) is 34.4 Å². The minimum absolute atomic E-state index is 0.104. The number of amides is 1. The number of halogens is 1. The van der Waals surface area contributed by atoms with Crippen LogP contribution in [-0.2, 0) is 11.3 Å². The minimum Gasteiger partial charge on any atom is -0.328 e. The zero-order valence-corrected chi connectivity index (χ0v) is 15.2. The molecule has 1 amide bonds. The maximum absolute atomic E-state index is 13.1. The molecule has 136 valence electrons. The number of carbonyl (C=O) groups is 1. The number of nitrogens with zero attached hydrogens (tertiary/aromatic N) is 2. The molecule has 3 nitrogen and oxygen atoms in total. The van der Waals surface area contributed by atoms with Crippen LogP contribution in [0.3, 0.4) is 0 Å². The summed E-state index contributed by atoms with van der Waals surface area (Å²) >= 11 is 0. The molecule has 27 heavy (non-hydrogen) atoms. The highest BCUT2D eigenvalue weighted by atomic mass is 19.1. The zero-order chi connectivity index (χ0) is 18.8. The Balaban J connectivity index is 1.53. The number of pyridine rings is 1. The van der Waals surface area contributed by atoms with Gasteiger partial charge in [0.1, 0.15) is 11.3 Å². The van der Waals surface area contributed by atoms with Crippen molar-refractivity contribution in [1.82, 2.24) is 4.57 Å². The number of carbonyl (C=O) groups excluding carboxylic acids is 1. The molecule has 2 aromatic carbocycles. The highest BCUT2D eigenvalue weighted by Crippen LogP contribution is 2.48. The first-order valence-electron chi connectivity index (χ1n) is 9.15. The lowest BCUT2D eigenvalue weighted by molar-refractivity contribution is -0.119. The summed E-state index contributed by atoms with van der Waals surface area (Å²) in [4.78, 5) is 17.0. The molecular weight excluding hydrogens is 339 g/mol. The summed E-state index contributed by atoms with van der Waals surface area (Å²) in [5.74, 6) is -0.318. The smallest absolute Gasteiger partial charge is 0.251 e. The molecule has 1 fully saturated rings. The molecule has 0 spiro atoms. The van der Waals surface area contributed by atoms with Crippen LogP contribution in [-0.4, -0.2) is 10.5 Å². The molecule has 3 aromatic rings. The van der Waals surface area contributed by atoms with E-state index in [9.17, 15) is 9.18 Å². The first-order valence-corrected chi connectivity index (χ1v) is 9.15. The number of hydrogen-bond donors (Lipinski definition) is 0. The maximum Gasteiger partial charge on any atom is 0.251 e. The van der Waals surface area contributed by atoms with Crippen molar-refractivity contribution in [3.63, 3.8) is 0 Å². The highest BCUT2D eigenvalue weighted by molar-refractivity contribution is 5.83. The van der Waals surface area contributed by atoms with Crippen LogP contribution in [0.1, 0.15) is 29.0 Å². The maximum atomic E-state index is 13.1. The van der Waals surface area contributed by atoms with Crippen LogP contribution < -0.4 is 5.49 Å². The molecule has 4 heteroatoms. The number of rotatable bonds is 4. The Labute approximate surface area is 157 Å². The monoisotopic (exact) mass is 360 g/mol. The van der Waals surface area contributed by atoms with E-state index < -0.39 is 0 Å². The molecule has 2 atom stereocenters. The van der Waals surface area contributed by atoms with Crippen LogP contribution in [0.5, 0.6) is 0 Å². The highest BCUT2D eigenvalue weighted by Gasteiger charge is 2.43. The molecule has 0 N–H and O–H groups in total. The van der Waals surface area contributed by atoms with E-state index in [2.05, 4.69) is 36.2 Å². The molecule has 1 aromatic heterocycles. The van der Waals surface area contributed by atoms with Crippen LogP contribution in [0.4, 0.5) is 4.39 Å². The number of aromatic nitrogens is 1. The van der Waals surface area contributed by atoms with Gasteiger partial charge >= 0.3 is 0 Å². The van der Waals surface area contributed by atoms with Crippen LogP contribution in [0.25, 0.3) is 0 Å². The van der Waals surface area contributed by atoms with Crippen LogP contribution >= 0.6 is 0 Å². The fourth-order valence-electron chi connectivity index (χ4n) is 3.33. The van der Waals surface area contributed by atoms with E-state index in [0.717, 1.165) is 17.5 Å². The second-order valence-corrected chi connectivity index (χ2v) is 7.12. The van der Waals surface area contributed by atoms with E-state index in [1.165, 1.54) is 17.7 Å². The fourth-order valence-corrected chi connectivity index (χ4v) is 3.33. The quantitative estimate of drug-likeness (QED) is 0.686. The Morgan fingerprint density at radius 1 is 1.07 bits per heavy atom. The van der Waals surface area contributed by atoms with Gasteiger partial charge in [0.15, 0.2) is 0 Å². The van der Waals surface area contributed by atoms with Crippen molar-refractivity contribution < 1.29 is 9.18 Å². The van der Waals surface area contributed by atoms with Gasteiger partial charge in [0.25, 0.3) is 5.91 Å². The van der Waals surface area contributed by atoms with E-state index in [0.29, 0.717) is 12.0 Å². The standard InChI is InChI=1S/C23H21FN2O/c1-16-5-7-17(8-6-16)15-26-13-3-2-4-22(26)25-23(27)21-14-20(21)18-9-11-19(24)12-10-18/h2-13,20-21H,14-15H2,1H3/t20-,21-/m1/s1. The molecule has 0 bridgehead atoms. The van der Waals surface area contributed by atoms with E-state index >= 15 is 0 Å². The van der Waals surface area contributed by atoms with Crippen molar-refractivity contribution in [3.05, 3.63) is 101 Å². The lowest BCUT2D eigenvalue weighted by atomic mass is 10.1. The molecule has 1 saturated carbocycles. The summed E-state index contributed by atoms with van der Waals surface area (Å²) in [5, 5.41) is 0. The van der Waals surface area contributed by atoms with Crippen LogP contribution in [0.2, 0.25) is 0 Å². The molecule has 0 unspecified atom stereocenters. The van der Waals surface area contributed by atoms with Crippen molar-refractivity contribution >= 4 is 5.91 Å². The molecule has 4 rings (SSSR count). The van der Waals surface area contributed by atoms with Gasteiger partial charge < -0.3 is 4.57 Å². The lowest BCUT2D eigenvalue weighted by Gasteiger charge is -2.08. The van der Waals surface area contributed by atoms with Gasteiger partial charge in [0.2, 0.25) is 0 Å². The molecule has 1 heterocycles. The Morgan fingerprint density at radius 2 is 1.81 bits per heavy atom. The first kappa shape index (κ1) is 17.4. The molecule has 1 aliphatic rings. The van der Waals surface area contributed by atoms with E-state index in [4.69, 9.17) is 0 Å². The lowest BCUT2D eigenvalue weighted by Crippen LogP contribution is -2.22. The summed E-state index contributed by atoms with van der Waals surface area (Å²) < 4.78 is 15.1. The second-order valence-electron chi connectivity index (χ2n) is 7.12. The number of benzene rings is 2. The van der Waals surface area contributed by atoms with Gasteiger partial charge in [0.05, 0.1) is 0 Å². The van der Waals surface area contributed by atoms with Gasteiger partial charge in [-0.25, -0.2) is 4.39 Å². The van der Waals surface area contributed by atoms with Crippen LogP contribution in [0, 0.1) is 18.7 Å². The van der Waals surface area contributed by atoms with Crippen molar-refractivity contribution in [2.24, 2.45) is 10.9 Å². The van der Waals surface area contributed by atoms with Gasteiger partial charge in [-0.3, -0.25) is 4.79 Å². The Kier molecular flexibility index (Phi) is 4.71. The summed E-state index contributed by atoms with van der Waals surface area (Å²) in [7, 11) is 0. The summed E-state index contributed by atoms with van der Waals surface area (Å²) in [6.45, 7) is 2.73. The van der Waals surface area contributed by atoms with Gasteiger partial charge in [-0.05, 0) is 54.7 Å². The van der Waals surface area contributed by atoms with E-state index in [1.807, 2.05) is 29.0 Å². The predicted octanol–water partition coefficient (Wildman–Crippen LogP) is 4.21. The second kappa shape index (κ2) is 7.31. The van der Waals surface area contributed by atoms with Crippen molar-refractivity contribution in [1.29, 1.82) is 0 Å². The number of aryl methyl sites for hydroxylation is 1. The minimum atomic E-state index is -0.256. The van der Waals surface area contributed by atoms with Crippen molar-refractivity contribution in [2.75, 3.05) is 0 Å². The largest absolute Gasteiger partial charge is 0.328 e. The summed E-state index contributed by atoms with van der Waals surface area (Å²) in [6.07, 6.45) is 2.72. The van der Waals surface area contributed by atoms with Gasteiger partial charge in [-0.2, -0.15) is 4.99 Å². The molecule has 0 aliphatic heterocycles. The van der Waals surface area contributed by atoms with E-state index in [-0.39, 0.29) is 23.6 Å². The van der Waals surface area contributed by atoms with Gasteiger partial charge in [-0.15, -0.1) is 0 Å².